The zero-order valence-electron chi connectivity index (χ0n) is 31.1. The van der Waals surface area contributed by atoms with E-state index >= 15 is 0 Å². The fourth-order valence-corrected chi connectivity index (χ4v) is 8.78. The number of ether oxygens (including phenoxy) is 4. The molecule has 0 radical (unpaired) electrons. The highest BCUT2D eigenvalue weighted by molar-refractivity contribution is 5.94. The third-order valence-corrected chi connectivity index (χ3v) is 12.2. The van der Waals surface area contributed by atoms with Crippen LogP contribution in [-0.4, -0.2) is 94.1 Å². The van der Waals surface area contributed by atoms with E-state index in [4.69, 9.17) is 18.9 Å². The van der Waals surface area contributed by atoms with E-state index in [1.54, 1.807) is 7.11 Å². The summed E-state index contributed by atoms with van der Waals surface area (Å²) in [6.45, 7) is 18.5. The number of amides is 1. The molecule has 268 valence electrons. The molecule has 5 unspecified atom stereocenters. The second kappa shape index (κ2) is 14.7. The molecule has 6 rings (SSSR count). The number of aryl methyl sites for hydroxylation is 1. The fraction of sp³-hybridized carbons (Fsp3) is 0.634. The Morgan fingerprint density at radius 1 is 1.10 bits per heavy atom. The van der Waals surface area contributed by atoms with Crippen LogP contribution >= 0.6 is 0 Å². The van der Waals surface area contributed by atoms with Gasteiger partial charge < -0.3 is 34.1 Å². The topological polar surface area (TPSA) is 72.5 Å². The standard InChI is InChI=1S/C41H59N3O5/c1-9-29-14-17-35(46-8)37-36(29)41-19-22-43(7)28(3)33(41)15-16-34(38(41)49-37)44-21-18-32(26-44)48-25-24-47-23-20-42-39(45)31-12-10-30(11-13-31)27(2)40(4,5)6/h10-14,16-17,27-28,32-33,38H,9,15,18-26H2,1-8H3,(H,42,45)/t27?,28?,32?,33?,38-,41?/m0/s1. The first-order chi connectivity index (χ1) is 23.5. The third kappa shape index (κ3) is 6.85. The van der Waals surface area contributed by atoms with Crippen LogP contribution in [0.15, 0.2) is 48.2 Å². The highest BCUT2D eigenvalue weighted by Gasteiger charge is 2.62. The van der Waals surface area contributed by atoms with Gasteiger partial charge in [0.25, 0.3) is 5.91 Å². The smallest absolute Gasteiger partial charge is 0.251 e. The number of hydrogen-bond acceptors (Lipinski definition) is 7. The van der Waals surface area contributed by atoms with E-state index in [0.29, 0.717) is 49.8 Å². The molecule has 1 aliphatic carbocycles. The summed E-state index contributed by atoms with van der Waals surface area (Å²) >= 11 is 0. The summed E-state index contributed by atoms with van der Waals surface area (Å²) in [6, 6.07) is 12.8. The zero-order chi connectivity index (χ0) is 34.9. The van der Waals surface area contributed by atoms with Crippen molar-refractivity contribution in [2.75, 3.05) is 60.2 Å². The van der Waals surface area contributed by atoms with Crippen molar-refractivity contribution in [3.05, 3.63) is 70.4 Å². The fourth-order valence-electron chi connectivity index (χ4n) is 8.78. The maximum atomic E-state index is 12.6. The van der Waals surface area contributed by atoms with Gasteiger partial charge >= 0.3 is 0 Å². The minimum Gasteiger partial charge on any atom is -0.493 e. The summed E-state index contributed by atoms with van der Waals surface area (Å²) in [5.74, 6) is 2.64. The van der Waals surface area contributed by atoms with Crippen molar-refractivity contribution in [3.8, 4) is 11.5 Å². The van der Waals surface area contributed by atoms with E-state index < -0.39 is 0 Å². The molecule has 3 aliphatic heterocycles. The number of benzene rings is 2. The van der Waals surface area contributed by atoms with Crippen molar-refractivity contribution >= 4 is 5.91 Å². The number of fused-ring (bicyclic) bond motifs is 1. The molecule has 49 heavy (non-hydrogen) atoms. The van der Waals surface area contributed by atoms with Crippen LogP contribution in [0.1, 0.15) is 93.8 Å². The van der Waals surface area contributed by atoms with Crippen molar-refractivity contribution in [1.82, 2.24) is 15.1 Å². The van der Waals surface area contributed by atoms with Crippen LogP contribution in [0.3, 0.4) is 0 Å². The lowest BCUT2D eigenvalue weighted by molar-refractivity contribution is -0.00772. The maximum absolute atomic E-state index is 12.6. The number of methoxy groups -OCH3 is 1. The van der Waals surface area contributed by atoms with E-state index in [1.807, 2.05) is 12.1 Å². The number of nitrogens with one attached hydrogen (secondary N) is 1. The number of piperidine rings is 1. The average molecular weight is 674 g/mol. The number of allylic oxidation sites excluding steroid dienone is 1. The van der Waals surface area contributed by atoms with Crippen LogP contribution in [0.5, 0.6) is 11.5 Å². The first-order valence-electron chi connectivity index (χ1n) is 18.6. The lowest BCUT2D eigenvalue weighted by Crippen LogP contribution is -2.61. The minimum atomic E-state index is -0.0700. The molecular formula is C41H59N3O5. The Hall–Kier alpha value is -3.07. The quantitative estimate of drug-likeness (QED) is 0.256. The second-order valence-electron chi connectivity index (χ2n) is 15.8. The number of carbonyl (C=O) groups is 1. The molecule has 2 aromatic rings. The molecule has 0 saturated carbocycles. The van der Waals surface area contributed by atoms with Gasteiger partial charge in [0.1, 0.15) is 6.10 Å². The Bertz CT molecular complexity index is 1500. The molecule has 8 heteroatoms. The zero-order valence-corrected chi connectivity index (χ0v) is 31.1. The lowest BCUT2D eigenvalue weighted by Gasteiger charge is -2.54. The highest BCUT2D eigenvalue weighted by Crippen LogP contribution is 2.61. The second-order valence-corrected chi connectivity index (χ2v) is 15.8. The molecule has 1 N–H and O–H groups in total. The first kappa shape index (κ1) is 35.7. The molecule has 3 heterocycles. The van der Waals surface area contributed by atoms with E-state index in [9.17, 15) is 4.79 Å². The summed E-state index contributed by atoms with van der Waals surface area (Å²) in [7, 11) is 4.02. The Labute approximate surface area is 294 Å². The number of rotatable bonds is 12. The van der Waals surface area contributed by atoms with Crippen LogP contribution in [0.2, 0.25) is 0 Å². The molecule has 2 saturated heterocycles. The number of likely N-dealkylation sites (tertiary alicyclic amines) is 2. The number of nitrogens with zero attached hydrogens (tertiary/aromatic N) is 2. The van der Waals surface area contributed by atoms with E-state index in [-0.39, 0.29) is 28.9 Å². The molecule has 0 aromatic heterocycles. The van der Waals surface area contributed by atoms with E-state index in [0.717, 1.165) is 56.8 Å². The van der Waals surface area contributed by atoms with Crippen LogP contribution in [-0.2, 0) is 21.3 Å². The van der Waals surface area contributed by atoms with Gasteiger partial charge in [-0.3, -0.25) is 4.79 Å². The molecule has 0 bridgehead atoms. The van der Waals surface area contributed by atoms with Gasteiger partial charge in [-0.15, -0.1) is 0 Å². The number of hydrogen-bond donors (Lipinski definition) is 1. The van der Waals surface area contributed by atoms with Crippen molar-refractivity contribution in [1.29, 1.82) is 0 Å². The molecule has 6 atom stereocenters. The molecule has 1 amide bonds. The summed E-state index contributed by atoms with van der Waals surface area (Å²) in [5.41, 5.74) is 6.17. The summed E-state index contributed by atoms with van der Waals surface area (Å²) in [5, 5.41) is 2.98. The van der Waals surface area contributed by atoms with Gasteiger partial charge in [0.05, 0.1) is 38.7 Å². The van der Waals surface area contributed by atoms with Crippen molar-refractivity contribution in [3.63, 3.8) is 0 Å². The minimum absolute atomic E-state index is 0.0127. The largest absolute Gasteiger partial charge is 0.493 e. The van der Waals surface area contributed by atoms with Gasteiger partial charge in [-0.1, -0.05) is 58.9 Å². The van der Waals surface area contributed by atoms with Gasteiger partial charge in [-0.25, -0.2) is 0 Å². The number of carbonyl (C=O) groups excluding carboxylic acids is 1. The molecule has 2 fully saturated rings. The third-order valence-electron chi connectivity index (χ3n) is 12.2. The van der Waals surface area contributed by atoms with Gasteiger partial charge in [-0.05, 0) is 92.8 Å². The maximum Gasteiger partial charge on any atom is 0.251 e. The van der Waals surface area contributed by atoms with Gasteiger partial charge in [0.2, 0.25) is 0 Å². The molecular weight excluding hydrogens is 614 g/mol. The molecule has 2 aromatic carbocycles. The predicted octanol–water partition coefficient (Wildman–Crippen LogP) is 6.57. The summed E-state index contributed by atoms with van der Waals surface area (Å²) < 4.78 is 25.1. The SMILES string of the molecule is CCc1ccc(OC)c2c1C13CCN(C)C(C)C1CC=C(N1CCC(OCCOCCNC(=O)c4ccc(C(C)C(C)(C)C)cc4)C1)[C@@H]3O2. The highest BCUT2D eigenvalue weighted by atomic mass is 16.5. The van der Waals surface area contributed by atoms with Crippen LogP contribution in [0, 0.1) is 11.3 Å². The van der Waals surface area contributed by atoms with Crippen LogP contribution in [0.4, 0.5) is 0 Å². The molecule has 4 aliphatic rings. The predicted molar refractivity (Wildman–Crippen MR) is 195 cm³/mol. The molecule has 8 nitrogen and oxygen atoms in total. The Morgan fingerprint density at radius 2 is 1.88 bits per heavy atom. The van der Waals surface area contributed by atoms with E-state index in [2.05, 4.69) is 94.0 Å². The van der Waals surface area contributed by atoms with Crippen LogP contribution < -0.4 is 14.8 Å². The first-order valence-corrected chi connectivity index (χ1v) is 18.6. The summed E-state index contributed by atoms with van der Waals surface area (Å²) in [4.78, 5) is 17.7. The average Bonchev–Trinajstić information content (AvgIpc) is 3.71. The van der Waals surface area contributed by atoms with E-state index in [1.165, 1.54) is 22.4 Å². The molecule has 1 spiro atoms. The normalized spacial score (nSPS) is 27.1. The lowest BCUT2D eigenvalue weighted by atomic mass is 9.56. The van der Waals surface area contributed by atoms with Crippen molar-refractivity contribution in [2.45, 2.75) is 96.8 Å². The van der Waals surface area contributed by atoms with Gasteiger partial charge in [-0.2, -0.15) is 0 Å². The van der Waals surface area contributed by atoms with Gasteiger partial charge in [0, 0.05) is 42.2 Å². The monoisotopic (exact) mass is 673 g/mol. The Morgan fingerprint density at radius 3 is 2.59 bits per heavy atom. The van der Waals surface area contributed by atoms with Gasteiger partial charge in [0.15, 0.2) is 11.5 Å². The summed E-state index contributed by atoms with van der Waals surface area (Å²) in [6.07, 6.45) is 6.72. The Balaban J connectivity index is 0.993. The van der Waals surface area contributed by atoms with Crippen molar-refractivity contribution in [2.24, 2.45) is 11.3 Å². The Kier molecular flexibility index (Phi) is 10.7. The van der Waals surface area contributed by atoms with Crippen molar-refractivity contribution < 1.29 is 23.7 Å². The van der Waals surface area contributed by atoms with Crippen LogP contribution in [0.25, 0.3) is 0 Å².